The fourth-order valence-corrected chi connectivity index (χ4v) is 8.85. The van der Waals surface area contributed by atoms with Gasteiger partial charge in [0.1, 0.15) is 0 Å². The summed E-state index contributed by atoms with van der Waals surface area (Å²) >= 11 is 0. The van der Waals surface area contributed by atoms with Gasteiger partial charge in [-0.2, -0.15) is 0 Å². The van der Waals surface area contributed by atoms with E-state index in [2.05, 4.69) is 224 Å². The zero-order chi connectivity index (χ0) is 41.0. The van der Waals surface area contributed by atoms with Crippen LogP contribution < -0.4 is 4.90 Å². The Morgan fingerprint density at radius 3 is 1.95 bits per heavy atom. The summed E-state index contributed by atoms with van der Waals surface area (Å²) < 4.78 is 0. The summed E-state index contributed by atoms with van der Waals surface area (Å²) in [5, 5.41) is 2.52. The maximum absolute atomic E-state index is 3.70. The fraction of sp³-hybridized carbons (Fsp3) is 0.103. The Morgan fingerprint density at radius 1 is 0.517 bits per heavy atom. The van der Waals surface area contributed by atoms with Crippen LogP contribution in [0, 0.1) is 0 Å². The number of para-hydroxylation sites is 2. The molecule has 0 atom stereocenters. The lowest BCUT2D eigenvalue weighted by molar-refractivity contribution is 1.22. The van der Waals surface area contributed by atoms with E-state index in [1.54, 1.807) is 0 Å². The van der Waals surface area contributed by atoms with E-state index in [4.69, 9.17) is 0 Å². The van der Waals surface area contributed by atoms with E-state index < -0.39 is 0 Å². The molecule has 2 nitrogen and oxygen atoms in total. The molecule has 0 spiro atoms. The van der Waals surface area contributed by atoms with Gasteiger partial charge >= 0.3 is 0 Å². The molecule has 60 heavy (non-hydrogen) atoms. The lowest BCUT2D eigenvalue weighted by atomic mass is 9.95. The van der Waals surface area contributed by atoms with Crippen LogP contribution in [0.5, 0.6) is 0 Å². The molecule has 0 bridgehead atoms. The molecule has 0 radical (unpaired) electrons. The van der Waals surface area contributed by atoms with Crippen LogP contribution in [-0.2, 0) is 6.42 Å². The van der Waals surface area contributed by atoms with Gasteiger partial charge in [-0.15, -0.1) is 0 Å². The average molecular weight is 775 g/mol. The largest absolute Gasteiger partial charge is 0.354 e. The van der Waals surface area contributed by atoms with Crippen LogP contribution in [0.2, 0.25) is 0 Å². The SMILES string of the molecule is C/C=C\C=C(/CC)c1cccc(N(c2ccc(-c3ccccc3)cc2)c2ccc3c(c2)Cc2cc(-c4cccc(-c5cccc6c5[nH]c5ccccc56)c4)ccc2-3)c1.CC. The highest BCUT2D eigenvalue weighted by Crippen LogP contribution is 2.44. The van der Waals surface area contributed by atoms with Crippen molar-refractivity contribution in [2.75, 3.05) is 4.90 Å². The Balaban J connectivity index is 0.00000228. The monoisotopic (exact) mass is 774 g/mol. The van der Waals surface area contributed by atoms with Crippen molar-refractivity contribution in [2.45, 2.75) is 40.5 Å². The molecule has 1 N–H and O–H groups in total. The minimum atomic E-state index is 0.896. The molecule has 0 saturated heterocycles. The second-order valence-corrected chi connectivity index (χ2v) is 15.2. The number of aromatic nitrogens is 1. The number of benzene rings is 8. The van der Waals surface area contributed by atoms with Gasteiger partial charge in [0.25, 0.3) is 0 Å². The smallest absolute Gasteiger partial charge is 0.0544 e. The molecule has 2 heteroatoms. The molecule has 8 aromatic carbocycles. The number of hydrogen-bond donors (Lipinski definition) is 1. The summed E-state index contributed by atoms with van der Waals surface area (Å²) in [6, 6.07) is 66.9. The highest BCUT2D eigenvalue weighted by molar-refractivity contribution is 6.12. The first-order chi connectivity index (χ1) is 29.6. The summed E-state index contributed by atoms with van der Waals surface area (Å²) in [5.74, 6) is 0. The minimum absolute atomic E-state index is 0.896. The summed E-state index contributed by atoms with van der Waals surface area (Å²) in [6.45, 7) is 8.30. The van der Waals surface area contributed by atoms with Crippen LogP contribution in [-0.4, -0.2) is 4.98 Å². The molecule has 0 aliphatic heterocycles. The maximum atomic E-state index is 3.70. The van der Waals surface area contributed by atoms with Crippen molar-refractivity contribution in [3.05, 3.63) is 217 Å². The minimum Gasteiger partial charge on any atom is -0.354 e. The van der Waals surface area contributed by atoms with Gasteiger partial charge in [0, 0.05) is 38.9 Å². The van der Waals surface area contributed by atoms with E-state index in [1.807, 2.05) is 13.8 Å². The number of rotatable bonds is 9. The number of nitrogens with zero attached hydrogens (tertiary/aromatic N) is 1. The third kappa shape index (κ3) is 7.27. The molecule has 0 saturated carbocycles. The number of nitrogens with one attached hydrogen (secondary N) is 1. The molecule has 1 aromatic heterocycles. The molecule has 292 valence electrons. The van der Waals surface area contributed by atoms with Gasteiger partial charge in [-0.1, -0.05) is 172 Å². The highest BCUT2D eigenvalue weighted by atomic mass is 15.1. The average Bonchev–Trinajstić information content (AvgIpc) is 3.88. The molecule has 0 fully saturated rings. The molecule has 0 unspecified atom stereocenters. The second kappa shape index (κ2) is 17.0. The number of anilines is 3. The summed E-state index contributed by atoms with van der Waals surface area (Å²) in [4.78, 5) is 6.11. The first kappa shape index (κ1) is 38.4. The van der Waals surface area contributed by atoms with E-state index in [-0.39, 0.29) is 0 Å². The Kier molecular flexibility index (Phi) is 10.9. The quantitative estimate of drug-likeness (QED) is 0.145. The Hall–Kier alpha value is -7.16. The first-order valence-electron chi connectivity index (χ1n) is 21.4. The Morgan fingerprint density at radius 2 is 1.13 bits per heavy atom. The van der Waals surface area contributed by atoms with Gasteiger partial charge in [0.15, 0.2) is 0 Å². The topological polar surface area (TPSA) is 19.0 Å². The number of hydrogen-bond acceptors (Lipinski definition) is 1. The summed E-state index contributed by atoms with van der Waals surface area (Å²) in [7, 11) is 0. The van der Waals surface area contributed by atoms with Crippen LogP contribution in [0.1, 0.15) is 50.8 Å². The number of aromatic amines is 1. The molecule has 0 amide bonds. The van der Waals surface area contributed by atoms with Crippen molar-refractivity contribution in [1.82, 2.24) is 4.98 Å². The third-order valence-electron chi connectivity index (χ3n) is 11.8. The molecule has 1 heterocycles. The Bertz CT molecular complexity index is 3020. The van der Waals surface area contributed by atoms with E-state index in [9.17, 15) is 0 Å². The van der Waals surface area contributed by atoms with Crippen molar-refractivity contribution in [3.63, 3.8) is 0 Å². The molecular formula is C58H50N2. The number of allylic oxidation sites excluding steroid dienone is 4. The lowest BCUT2D eigenvalue weighted by Crippen LogP contribution is -2.10. The van der Waals surface area contributed by atoms with Crippen LogP contribution in [0.15, 0.2) is 200 Å². The van der Waals surface area contributed by atoms with Crippen LogP contribution in [0.3, 0.4) is 0 Å². The third-order valence-corrected chi connectivity index (χ3v) is 11.8. The molecular weight excluding hydrogens is 725 g/mol. The van der Waals surface area contributed by atoms with Gasteiger partial charge < -0.3 is 9.88 Å². The lowest BCUT2D eigenvalue weighted by Gasteiger charge is -2.27. The predicted molar refractivity (Wildman–Crippen MR) is 259 cm³/mol. The summed E-state index contributed by atoms with van der Waals surface area (Å²) in [6.07, 6.45) is 8.32. The number of fused-ring (bicyclic) bond motifs is 6. The van der Waals surface area contributed by atoms with Crippen LogP contribution >= 0.6 is 0 Å². The van der Waals surface area contributed by atoms with Crippen molar-refractivity contribution in [3.8, 4) is 44.5 Å². The second-order valence-electron chi connectivity index (χ2n) is 15.2. The highest BCUT2D eigenvalue weighted by Gasteiger charge is 2.22. The Labute approximate surface area is 354 Å². The predicted octanol–water partition coefficient (Wildman–Crippen LogP) is 16.8. The molecule has 1 aliphatic rings. The fourth-order valence-electron chi connectivity index (χ4n) is 8.85. The van der Waals surface area contributed by atoms with Crippen molar-refractivity contribution in [2.24, 2.45) is 0 Å². The van der Waals surface area contributed by atoms with Crippen LogP contribution in [0.4, 0.5) is 17.1 Å². The van der Waals surface area contributed by atoms with E-state index in [1.165, 1.54) is 88.6 Å². The van der Waals surface area contributed by atoms with Gasteiger partial charge in [-0.25, -0.2) is 0 Å². The maximum Gasteiger partial charge on any atom is 0.0544 e. The zero-order valence-electron chi connectivity index (χ0n) is 34.9. The van der Waals surface area contributed by atoms with Gasteiger partial charge in [0.05, 0.1) is 5.52 Å². The normalized spacial score (nSPS) is 12.0. The van der Waals surface area contributed by atoms with Crippen molar-refractivity contribution in [1.29, 1.82) is 0 Å². The first-order valence-corrected chi connectivity index (χ1v) is 21.4. The summed E-state index contributed by atoms with van der Waals surface area (Å²) in [5.41, 5.74) is 21.1. The number of H-pyrrole nitrogens is 1. The molecule has 1 aliphatic carbocycles. The van der Waals surface area contributed by atoms with E-state index in [0.29, 0.717) is 0 Å². The van der Waals surface area contributed by atoms with E-state index in [0.717, 1.165) is 29.9 Å². The molecule has 9 aromatic rings. The van der Waals surface area contributed by atoms with Crippen molar-refractivity contribution < 1.29 is 0 Å². The van der Waals surface area contributed by atoms with Crippen LogP contribution in [0.25, 0.3) is 71.9 Å². The van der Waals surface area contributed by atoms with Crippen molar-refractivity contribution >= 4 is 44.4 Å². The van der Waals surface area contributed by atoms with E-state index >= 15 is 0 Å². The standard InChI is InChI=1S/C56H44N2.C2H6/c1-3-5-14-38(4-2)42-18-12-20-48(36-42)58(47-28-25-40(26-29-47)39-15-7-6-8-16-39)49-30-32-51-46(37-49)35-45-34-43(27-31-50(45)51)41-17-11-19-44(33-41)52-22-13-23-54-53-21-9-10-24-55(53)57-56(52)54;1-2/h3,5-34,36-37,57H,4,35H2,1-2H3;1-2H3/b5-3-,38-14+;. The van der Waals surface area contributed by atoms with Gasteiger partial charge in [0.2, 0.25) is 0 Å². The zero-order valence-corrected chi connectivity index (χ0v) is 34.9. The van der Waals surface area contributed by atoms with Gasteiger partial charge in [-0.05, 0) is 130 Å². The van der Waals surface area contributed by atoms with Gasteiger partial charge in [-0.3, -0.25) is 0 Å². The molecule has 10 rings (SSSR count).